The summed E-state index contributed by atoms with van der Waals surface area (Å²) < 4.78 is 14.6. The van der Waals surface area contributed by atoms with Crippen LogP contribution < -0.4 is 5.56 Å². The molecule has 1 aromatic heterocycles. The topological polar surface area (TPSA) is 75.5 Å². The zero-order chi connectivity index (χ0) is 23.2. The second kappa shape index (κ2) is 8.10. The number of rotatable bonds is 6. The fourth-order valence-electron chi connectivity index (χ4n) is 4.60. The molecule has 0 radical (unpaired) electrons. The van der Waals surface area contributed by atoms with E-state index in [1.807, 2.05) is 0 Å². The third kappa shape index (κ3) is 4.13. The molecule has 33 heavy (non-hydrogen) atoms. The van der Waals surface area contributed by atoms with E-state index >= 15 is 0 Å². The number of carbonyl (C=O) groups is 2. The van der Waals surface area contributed by atoms with E-state index in [2.05, 4.69) is 4.98 Å². The van der Waals surface area contributed by atoms with Gasteiger partial charge in [0.25, 0.3) is 5.56 Å². The number of aromatic nitrogens is 2. The van der Waals surface area contributed by atoms with Gasteiger partial charge in [0.2, 0.25) is 5.91 Å². The van der Waals surface area contributed by atoms with Crippen molar-refractivity contribution in [2.75, 3.05) is 13.1 Å². The standard InChI is InChI=1S/C25H25FN4O3/c1-28-21(27-20-5-3-2-4-19(20)23(28)32)15-30-22(31)10-13-29(24(30)33)16-25(11-12-25)14-17-6-8-18(26)9-7-17/h2-9H,10-16H2,1H3. The van der Waals surface area contributed by atoms with Gasteiger partial charge in [0.1, 0.15) is 11.6 Å². The van der Waals surface area contributed by atoms with Crippen LogP contribution in [0.5, 0.6) is 0 Å². The summed E-state index contributed by atoms with van der Waals surface area (Å²) in [6, 6.07) is 13.2. The fourth-order valence-corrected chi connectivity index (χ4v) is 4.60. The minimum absolute atomic E-state index is 0.0341. The van der Waals surface area contributed by atoms with E-state index in [0.717, 1.165) is 24.8 Å². The van der Waals surface area contributed by atoms with E-state index in [1.165, 1.54) is 21.6 Å². The van der Waals surface area contributed by atoms with Crippen molar-refractivity contribution in [1.29, 1.82) is 0 Å². The lowest BCUT2D eigenvalue weighted by molar-refractivity contribution is -0.131. The maximum Gasteiger partial charge on any atom is 0.327 e. The smallest absolute Gasteiger partial charge is 0.323 e. The lowest BCUT2D eigenvalue weighted by Crippen LogP contribution is -2.53. The molecular weight excluding hydrogens is 423 g/mol. The second-order valence-electron chi connectivity index (χ2n) is 9.15. The van der Waals surface area contributed by atoms with Gasteiger partial charge in [-0.05, 0) is 54.5 Å². The molecule has 0 unspecified atom stereocenters. The molecule has 0 N–H and O–H groups in total. The molecule has 170 valence electrons. The van der Waals surface area contributed by atoms with E-state index in [9.17, 15) is 18.8 Å². The Labute approximate surface area is 190 Å². The lowest BCUT2D eigenvalue weighted by Gasteiger charge is -2.36. The highest BCUT2D eigenvalue weighted by Gasteiger charge is 2.46. The summed E-state index contributed by atoms with van der Waals surface area (Å²) in [6.45, 7) is 0.885. The number of amides is 3. The first-order valence-corrected chi connectivity index (χ1v) is 11.1. The predicted molar refractivity (Wildman–Crippen MR) is 121 cm³/mol. The van der Waals surface area contributed by atoms with E-state index in [-0.39, 0.29) is 41.7 Å². The van der Waals surface area contributed by atoms with Crippen molar-refractivity contribution in [2.45, 2.75) is 32.2 Å². The molecule has 2 fully saturated rings. The molecule has 0 atom stereocenters. The van der Waals surface area contributed by atoms with Crippen molar-refractivity contribution < 1.29 is 14.0 Å². The minimum Gasteiger partial charge on any atom is -0.323 e. The quantitative estimate of drug-likeness (QED) is 0.580. The number of carbonyl (C=O) groups excluding carboxylic acids is 2. The van der Waals surface area contributed by atoms with Gasteiger partial charge in [0.05, 0.1) is 17.4 Å². The Balaban J connectivity index is 1.34. The molecule has 3 amide bonds. The van der Waals surface area contributed by atoms with Crippen molar-refractivity contribution in [1.82, 2.24) is 19.4 Å². The van der Waals surface area contributed by atoms with E-state index < -0.39 is 0 Å². The molecule has 2 heterocycles. The number of hydrogen-bond donors (Lipinski definition) is 0. The third-order valence-electron chi connectivity index (χ3n) is 6.75. The van der Waals surface area contributed by atoms with Crippen molar-refractivity contribution in [3.05, 3.63) is 76.1 Å². The van der Waals surface area contributed by atoms with Gasteiger partial charge in [-0.2, -0.15) is 0 Å². The summed E-state index contributed by atoms with van der Waals surface area (Å²) in [5.41, 5.74) is 1.34. The molecular formula is C25H25FN4O3. The van der Waals surface area contributed by atoms with Gasteiger partial charge in [0, 0.05) is 26.6 Å². The Morgan fingerprint density at radius 2 is 1.76 bits per heavy atom. The summed E-state index contributed by atoms with van der Waals surface area (Å²) in [5.74, 6) is -0.155. The largest absolute Gasteiger partial charge is 0.327 e. The van der Waals surface area contributed by atoms with Crippen LogP contribution in [0.1, 0.15) is 30.7 Å². The first kappa shape index (κ1) is 21.3. The Kier molecular flexibility index (Phi) is 5.23. The van der Waals surface area contributed by atoms with Crippen LogP contribution in [0.25, 0.3) is 10.9 Å². The first-order chi connectivity index (χ1) is 15.8. The molecule has 2 aromatic carbocycles. The molecule has 8 heteroatoms. The van der Waals surface area contributed by atoms with Gasteiger partial charge in [-0.25, -0.2) is 14.2 Å². The summed E-state index contributed by atoms with van der Waals surface area (Å²) in [7, 11) is 1.61. The van der Waals surface area contributed by atoms with Crippen molar-refractivity contribution in [3.8, 4) is 0 Å². The molecule has 2 aliphatic rings. The number of halogens is 1. The molecule has 0 spiro atoms. The number of hydrogen-bond acceptors (Lipinski definition) is 4. The zero-order valence-corrected chi connectivity index (χ0v) is 18.5. The van der Waals surface area contributed by atoms with Crippen LogP contribution in [0.2, 0.25) is 0 Å². The average molecular weight is 448 g/mol. The summed E-state index contributed by atoms with van der Waals surface area (Å²) in [6.07, 6.45) is 2.98. The summed E-state index contributed by atoms with van der Waals surface area (Å²) in [5, 5.41) is 0.498. The Bertz CT molecular complexity index is 1300. The highest BCUT2D eigenvalue weighted by atomic mass is 19.1. The van der Waals surface area contributed by atoms with Crippen LogP contribution in [0.15, 0.2) is 53.3 Å². The van der Waals surface area contributed by atoms with Crippen molar-refractivity contribution in [3.63, 3.8) is 0 Å². The van der Waals surface area contributed by atoms with E-state index in [1.54, 1.807) is 48.3 Å². The SMILES string of the molecule is Cn1c(CN2C(=O)CCN(CC3(Cc4ccc(F)cc4)CC3)C2=O)nc2ccccc2c1=O. The van der Waals surface area contributed by atoms with Crippen LogP contribution in [-0.2, 0) is 24.8 Å². The highest BCUT2D eigenvalue weighted by molar-refractivity contribution is 5.96. The second-order valence-corrected chi connectivity index (χ2v) is 9.15. The van der Waals surface area contributed by atoms with Gasteiger partial charge < -0.3 is 4.90 Å². The maximum absolute atomic E-state index is 13.3. The van der Waals surface area contributed by atoms with Crippen molar-refractivity contribution >= 4 is 22.8 Å². The number of nitrogens with zero attached hydrogens (tertiary/aromatic N) is 4. The lowest BCUT2D eigenvalue weighted by atomic mass is 9.95. The molecule has 7 nitrogen and oxygen atoms in total. The highest BCUT2D eigenvalue weighted by Crippen LogP contribution is 2.49. The average Bonchev–Trinajstić information content (AvgIpc) is 3.57. The number of fused-ring (bicyclic) bond motifs is 1. The van der Waals surface area contributed by atoms with Crippen LogP contribution in [0.4, 0.5) is 9.18 Å². The molecule has 0 bridgehead atoms. The minimum atomic E-state index is -0.348. The van der Waals surface area contributed by atoms with Crippen LogP contribution in [-0.4, -0.2) is 44.4 Å². The van der Waals surface area contributed by atoms with Crippen molar-refractivity contribution in [2.24, 2.45) is 12.5 Å². The molecule has 1 aliphatic heterocycles. The number of para-hydroxylation sites is 1. The number of imide groups is 1. The van der Waals surface area contributed by atoms with Crippen LogP contribution >= 0.6 is 0 Å². The third-order valence-corrected chi connectivity index (χ3v) is 6.75. The Morgan fingerprint density at radius 3 is 2.48 bits per heavy atom. The van der Waals surface area contributed by atoms with E-state index in [0.29, 0.717) is 29.8 Å². The van der Waals surface area contributed by atoms with Gasteiger partial charge in [-0.1, -0.05) is 24.3 Å². The molecule has 1 saturated heterocycles. The maximum atomic E-state index is 13.3. The zero-order valence-electron chi connectivity index (χ0n) is 18.5. The Hall–Kier alpha value is -3.55. The molecule has 1 saturated carbocycles. The normalized spacial score (nSPS) is 17.6. The summed E-state index contributed by atoms with van der Waals surface area (Å²) in [4.78, 5) is 46.1. The molecule has 5 rings (SSSR count). The predicted octanol–water partition coefficient (Wildman–Crippen LogP) is 3.25. The van der Waals surface area contributed by atoms with Crippen LogP contribution in [0, 0.1) is 11.2 Å². The van der Waals surface area contributed by atoms with Crippen LogP contribution in [0.3, 0.4) is 0 Å². The van der Waals surface area contributed by atoms with Gasteiger partial charge in [-0.3, -0.25) is 19.1 Å². The first-order valence-electron chi connectivity index (χ1n) is 11.1. The molecule has 1 aliphatic carbocycles. The summed E-state index contributed by atoms with van der Waals surface area (Å²) >= 11 is 0. The monoisotopic (exact) mass is 448 g/mol. The van der Waals surface area contributed by atoms with Gasteiger partial charge in [0.15, 0.2) is 0 Å². The number of urea groups is 1. The fraction of sp³-hybridized carbons (Fsp3) is 0.360. The van der Waals surface area contributed by atoms with E-state index in [4.69, 9.17) is 0 Å². The van der Waals surface area contributed by atoms with Gasteiger partial charge in [-0.15, -0.1) is 0 Å². The Morgan fingerprint density at radius 1 is 1.03 bits per heavy atom. The number of benzene rings is 2. The van der Waals surface area contributed by atoms with Gasteiger partial charge >= 0.3 is 6.03 Å². The molecule has 3 aromatic rings.